The Hall–Kier alpha value is -1.39. The largest absolute Gasteiger partial charge is 0.475 e. The number of ether oxygens (including phenoxy) is 2. The Bertz CT molecular complexity index is 375. The molecule has 0 radical (unpaired) electrons. The Morgan fingerprint density at radius 1 is 1.35 bits per heavy atom. The van der Waals surface area contributed by atoms with Crippen LogP contribution in [0.25, 0.3) is 0 Å². The van der Waals surface area contributed by atoms with Gasteiger partial charge in [0.05, 0.1) is 18.8 Å². The number of hydrogen-bond donors (Lipinski definition) is 0. The minimum Gasteiger partial charge on any atom is -0.475 e. The Balaban J connectivity index is 2.01. The summed E-state index contributed by atoms with van der Waals surface area (Å²) in [5.74, 6) is 0.640. The fraction of sp³-hybridized carbons (Fsp3) is 0.462. The first kappa shape index (κ1) is 12.1. The van der Waals surface area contributed by atoms with Crippen LogP contribution in [0.1, 0.15) is 17.3 Å². The summed E-state index contributed by atoms with van der Waals surface area (Å²) in [6.07, 6.45) is 0.779. The number of carbonyl (C=O) groups is 1. The summed E-state index contributed by atoms with van der Waals surface area (Å²) in [6.45, 7) is 5.20. The van der Waals surface area contributed by atoms with Crippen molar-refractivity contribution < 1.29 is 14.3 Å². The van der Waals surface area contributed by atoms with Crippen LogP contribution in [0, 0.1) is 0 Å². The molecule has 0 bridgehead atoms. The quantitative estimate of drug-likeness (QED) is 0.742. The molecule has 2 rings (SSSR count). The summed E-state index contributed by atoms with van der Waals surface area (Å²) in [7, 11) is 0. The van der Waals surface area contributed by atoms with E-state index in [2.05, 4.69) is 4.90 Å². The molecule has 0 spiro atoms. The molecule has 0 saturated carbocycles. The van der Waals surface area contributed by atoms with Crippen molar-refractivity contribution in [2.75, 3.05) is 26.3 Å². The maximum Gasteiger partial charge on any atom is 0.153 e. The van der Waals surface area contributed by atoms with Gasteiger partial charge in [0, 0.05) is 13.1 Å². The molecule has 1 aliphatic rings. The predicted molar refractivity (Wildman–Crippen MR) is 64.3 cm³/mol. The third-order valence-corrected chi connectivity index (χ3v) is 2.90. The van der Waals surface area contributed by atoms with Crippen molar-refractivity contribution in [2.24, 2.45) is 0 Å². The summed E-state index contributed by atoms with van der Waals surface area (Å²) in [5.41, 5.74) is 0.590. The number of hydrogen-bond acceptors (Lipinski definition) is 4. The molecule has 4 nitrogen and oxygen atoms in total. The van der Waals surface area contributed by atoms with E-state index >= 15 is 0 Å². The van der Waals surface area contributed by atoms with E-state index in [1.54, 1.807) is 6.07 Å². The molecule has 1 unspecified atom stereocenters. The first-order valence-corrected chi connectivity index (χ1v) is 5.84. The van der Waals surface area contributed by atoms with Gasteiger partial charge in [0.2, 0.25) is 0 Å². The highest BCUT2D eigenvalue weighted by atomic mass is 16.5. The number of benzene rings is 1. The van der Waals surface area contributed by atoms with Crippen molar-refractivity contribution >= 4 is 6.29 Å². The summed E-state index contributed by atoms with van der Waals surface area (Å²) >= 11 is 0. The standard InChI is InChI=1S/C13H17NO3/c1-11(14-6-8-16-9-7-14)17-13-5-3-2-4-12(13)10-15/h2-5,10-11H,6-9H2,1H3. The smallest absolute Gasteiger partial charge is 0.153 e. The van der Waals surface area contributed by atoms with E-state index in [1.807, 2.05) is 25.1 Å². The Labute approximate surface area is 101 Å². The molecular weight excluding hydrogens is 218 g/mol. The van der Waals surface area contributed by atoms with Crippen LogP contribution in [0.2, 0.25) is 0 Å². The number of para-hydroxylation sites is 1. The van der Waals surface area contributed by atoms with E-state index in [4.69, 9.17) is 9.47 Å². The van der Waals surface area contributed by atoms with Crippen LogP contribution < -0.4 is 4.74 Å². The van der Waals surface area contributed by atoms with Gasteiger partial charge in [0.25, 0.3) is 0 Å². The first-order chi connectivity index (χ1) is 8.31. The van der Waals surface area contributed by atoms with Crippen molar-refractivity contribution in [1.82, 2.24) is 4.90 Å². The van der Waals surface area contributed by atoms with Gasteiger partial charge in [0.15, 0.2) is 6.29 Å². The van der Waals surface area contributed by atoms with Gasteiger partial charge in [-0.1, -0.05) is 12.1 Å². The van der Waals surface area contributed by atoms with E-state index in [0.29, 0.717) is 11.3 Å². The van der Waals surface area contributed by atoms with E-state index < -0.39 is 0 Å². The normalized spacial score (nSPS) is 18.6. The maximum atomic E-state index is 10.9. The maximum absolute atomic E-state index is 10.9. The van der Waals surface area contributed by atoms with Crippen molar-refractivity contribution in [3.63, 3.8) is 0 Å². The van der Waals surface area contributed by atoms with Gasteiger partial charge >= 0.3 is 0 Å². The van der Waals surface area contributed by atoms with Crippen LogP contribution in [0.15, 0.2) is 24.3 Å². The van der Waals surface area contributed by atoms with Gasteiger partial charge in [-0.3, -0.25) is 9.69 Å². The molecule has 1 heterocycles. The number of aldehydes is 1. The van der Waals surface area contributed by atoms with Crippen LogP contribution in [-0.2, 0) is 4.74 Å². The molecular formula is C13H17NO3. The van der Waals surface area contributed by atoms with Crippen molar-refractivity contribution in [3.8, 4) is 5.75 Å². The lowest BCUT2D eigenvalue weighted by molar-refractivity contribution is -0.0374. The third kappa shape index (κ3) is 3.05. The molecule has 0 aromatic heterocycles. The Kier molecular flexibility index (Phi) is 4.12. The molecule has 1 aliphatic heterocycles. The minimum atomic E-state index is -0.0417. The average molecular weight is 235 g/mol. The Morgan fingerprint density at radius 2 is 2.06 bits per heavy atom. The van der Waals surface area contributed by atoms with E-state index in [1.165, 1.54) is 0 Å². The number of nitrogens with zero attached hydrogens (tertiary/aromatic N) is 1. The zero-order valence-electron chi connectivity index (χ0n) is 9.96. The molecule has 1 fully saturated rings. The molecule has 0 amide bonds. The summed E-state index contributed by atoms with van der Waals surface area (Å²) < 4.78 is 11.1. The lowest BCUT2D eigenvalue weighted by atomic mass is 10.2. The third-order valence-electron chi connectivity index (χ3n) is 2.90. The molecule has 0 N–H and O–H groups in total. The van der Waals surface area contributed by atoms with Crippen LogP contribution in [0.4, 0.5) is 0 Å². The zero-order valence-corrected chi connectivity index (χ0v) is 9.96. The fourth-order valence-electron chi connectivity index (χ4n) is 1.88. The topological polar surface area (TPSA) is 38.8 Å². The van der Waals surface area contributed by atoms with Gasteiger partial charge in [0.1, 0.15) is 12.0 Å². The summed E-state index contributed by atoms with van der Waals surface area (Å²) in [5, 5.41) is 0. The van der Waals surface area contributed by atoms with Crippen molar-refractivity contribution in [1.29, 1.82) is 0 Å². The predicted octanol–water partition coefficient (Wildman–Crippen LogP) is 1.56. The molecule has 1 aromatic carbocycles. The SMILES string of the molecule is CC(Oc1ccccc1C=O)N1CCOCC1. The monoisotopic (exact) mass is 235 g/mol. The van der Waals surface area contributed by atoms with Crippen LogP contribution in [0.5, 0.6) is 5.75 Å². The average Bonchev–Trinajstić information content (AvgIpc) is 2.40. The van der Waals surface area contributed by atoms with Gasteiger partial charge in [-0.15, -0.1) is 0 Å². The van der Waals surface area contributed by atoms with Crippen LogP contribution in [0.3, 0.4) is 0 Å². The molecule has 17 heavy (non-hydrogen) atoms. The van der Waals surface area contributed by atoms with Gasteiger partial charge in [-0.05, 0) is 19.1 Å². The molecule has 92 valence electrons. The van der Waals surface area contributed by atoms with Gasteiger partial charge in [-0.2, -0.15) is 0 Å². The van der Waals surface area contributed by atoms with E-state index in [0.717, 1.165) is 32.6 Å². The second-order valence-electron chi connectivity index (χ2n) is 4.02. The highest BCUT2D eigenvalue weighted by Gasteiger charge is 2.18. The highest BCUT2D eigenvalue weighted by molar-refractivity contribution is 5.79. The number of morpholine rings is 1. The van der Waals surface area contributed by atoms with Crippen molar-refractivity contribution in [2.45, 2.75) is 13.2 Å². The molecule has 1 aromatic rings. The summed E-state index contributed by atoms with van der Waals surface area (Å²) in [4.78, 5) is 13.1. The lowest BCUT2D eigenvalue weighted by Crippen LogP contribution is -2.44. The second kappa shape index (κ2) is 5.80. The minimum absolute atomic E-state index is 0.0417. The fourth-order valence-corrected chi connectivity index (χ4v) is 1.88. The molecule has 1 saturated heterocycles. The van der Waals surface area contributed by atoms with Gasteiger partial charge < -0.3 is 9.47 Å². The lowest BCUT2D eigenvalue weighted by Gasteiger charge is -2.32. The second-order valence-corrected chi connectivity index (χ2v) is 4.02. The van der Waals surface area contributed by atoms with E-state index in [9.17, 15) is 4.79 Å². The highest BCUT2D eigenvalue weighted by Crippen LogP contribution is 2.18. The molecule has 4 heteroatoms. The molecule has 1 atom stereocenters. The summed E-state index contributed by atoms with van der Waals surface area (Å²) in [6, 6.07) is 7.28. The Morgan fingerprint density at radius 3 is 2.76 bits per heavy atom. The van der Waals surface area contributed by atoms with Crippen molar-refractivity contribution in [3.05, 3.63) is 29.8 Å². The number of carbonyl (C=O) groups excluding carboxylic acids is 1. The van der Waals surface area contributed by atoms with Crippen LogP contribution in [-0.4, -0.2) is 43.7 Å². The number of rotatable bonds is 4. The molecule has 0 aliphatic carbocycles. The van der Waals surface area contributed by atoms with Gasteiger partial charge in [-0.25, -0.2) is 0 Å². The zero-order chi connectivity index (χ0) is 12.1. The first-order valence-electron chi connectivity index (χ1n) is 5.84. The van der Waals surface area contributed by atoms with Crippen LogP contribution >= 0.6 is 0 Å². The van der Waals surface area contributed by atoms with E-state index in [-0.39, 0.29) is 6.23 Å².